The van der Waals surface area contributed by atoms with E-state index in [1.165, 1.54) is 27.8 Å². The second-order valence-corrected chi connectivity index (χ2v) is 4.76. The van der Waals surface area contributed by atoms with Crippen molar-refractivity contribution in [3.05, 3.63) is 89.5 Å². The van der Waals surface area contributed by atoms with Gasteiger partial charge in [-0.25, -0.2) is 0 Å². The third-order valence-electron chi connectivity index (χ3n) is 3.38. The standard InChI is InChI=1S/C19H20/c1-4-18(5-2)19-12-11-17(13-15(19)3)14-16-9-7-6-8-10-16/h4-13H,1,14H2,2-3H3/b18-5+. The van der Waals surface area contributed by atoms with Crippen LogP contribution in [-0.4, -0.2) is 0 Å². The van der Waals surface area contributed by atoms with Crippen LogP contribution in [0.2, 0.25) is 0 Å². The molecular formula is C19H20. The molecule has 0 saturated heterocycles. The highest BCUT2D eigenvalue weighted by Crippen LogP contribution is 2.22. The average molecular weight is 248 g/mol. The van der Waals surface area contributed by atoms with Crippen molar-refractivity contribution in [3.63, 3.8) is 0 Å². The van der Waals surface area contributed by atoms with E-state index in [-0.39, 0.29) is 0 Å². The van der Waals surface area contributed by atoms with Gasteiger partial charge in [-0.1, -0.05) is 67.3 Å². The summed E-state index contributed by atoms with van der Waals surface area (Å²) in [6.07, 6.45) is 5.01. The molecule has 2 rings (SSSR count). The second kappa shape index (κ2) is 6.19. The molecule has 0 fully saturated rings. The maximum absolute atomic E-state index is 3.87. The molecule has 2 aromatic carbocycles. The molecule has 0 amide bonds. The van der Waals surface area contributed by atoms with Gasteiger partial charge in [0.1, 0.15) is 0 Å². The van der Waals surface area contributed by atoms with Crippen LogP contribution < -0.4 is 0 Å². The SMILES string of the molecule is C=C/C(=C\C)c1ccc(Cc2ccccc2)cc1C. The molecule has 0 heteroatoms. The lowest BCUT2D eigenvalue weighted by Crippen LogP contribution is -1.92. The van der Waals surface area contributed by atoms with Crippen LogP contribution >= 0.6 is 0 Å². The van der Waals surface area contributed by atoms with Crippen molar-refractivity contribution in [2.24, 2.45) is 0 Å². The van der Waals surface area contributed by atoms with Gasteiger partial charge in [0.2, 0.25) is 0 Å². The number of hydrogen-bond acceptors (Lipinski definition) is 0. The fourth-order valence-electron chi connectivity index (χ4n) is 2.37. The van der Waals surface area contributed by atoms with Crippen LogP contribution in [0.1, 0.15) is 29.2 Å². The Bertz CT molecular complexity index is 589. The van der Waals surface area contributed by atoms with Crippen LogP contribution in [0, 0.1) is 6.92 Å². The maximum atomic E-state index is 3.87. The van der Waals surface area contributed by atoms with Crippen molar-refractivity contribution in [3.8, 4) is 0 Å². The molecule has 0 nitrogen and oxygen atoms in total. The highest BCUT2D eigenvalue weighted by atomic mass is 14.1. The van der Waals surface area contributed by atoms with Crippen LogP contribution in [0.4, 0.5) is 0 Å². The van der Waals surface area contributed by atoms with Gasteiger partial charge in [-0.05, 0) is 48.1 Å². The molecule has 0 bridgehead atoms. The van der Waals surface area contributed by atoms with Gasteiger partial charge < -0.3 is 0 Å². The van der Waals surface area contributed by atoms with Gasteiger partial charge in [-0.15, -0.1) is 0 Å². The Kier molecular flexibility index (Phi) is 4.35. The summed E-state index contributed by atoms with van der Waals surface area (Å²) in [5.41, 5.74) is 6.48. The van der Waals surface area contributed by atoms with Crippen LogP contribution in [-0.2, 0) is 6.42 Å². The lowest BCUT2D eigenvalue weighted by molar-refractivity contribution is 1.18. The Labute approximate surface area is 116 Å². The van der Waals surface area contributed by atoms with Crippen molar-refractivity contribution in [2.75, 3.05) is 0 Å². The van der Waals surface area contributed by atoms with Crippen LogP contribution in [0.5, 0.6) is 0 Å². The van der Waals surface area contributed by atoms with E-state index in [4.69, 9.17) is 0 Å². The van der Waals surface area contributed by atoms with Gasteiger partial charge in [-0.2, -0.15) is 0 Å². The van der Waals surface area contributed by atoms with Gasteiger partial charge in [0.05, 0.1) is 0 Å². The Balaban J connectivity index is 2.27. The lowest BCUT2D eigenvalue weighted by atomic mass is 9.96. The zero-order valence-electron chi connectivity index (χ0n) is 11.7. The van der Waals surface area contributed by atoms with Crippen molar-refractivity contribution in [1.29, 1.82) is 0 Å². The number of allylic oxidation sites excluding steroid dienone is 3. The molecule has 0 atom stereocenters. The van der Waals surface area contributed by atoms with E-state index in [0.29, 0.717) is 0 Å². The molecule has 0 aromatic heterocycles. The van der Waals surface area contributed by atoms with Crippen LogP contribution in [0.15, 0.2) is 67.3 Å². The molecular weight excluding hydrogens is 228 g/mol. The highest BCUT2D eigenvalue weighted by Gasteiger charge is 2.03. The predicted octanol–water partition coefficient (Wildman–Crippen LogP) is 5.18. The summed E-state index contributed by atoms with van der Waals surface area (Å²) >= 11 is 0. The van der Waals surface area contributed by atoms with E-state index in [0.717, 1.165) is 6.42 Å². The monoisotopic (exact) mass is 248 g/mol. The van der Waals surface area contributed by atoms with Gasteiger partial charge in [-0.3, -0.25) is 0 Å². The van der Waals surface area contributed by atoms with Crippen molar-refractivity contribution in [2.45, 2.75) is 20.3 Å². The second-order valence-electron chi connectivity index (χ2n) is 4.76. The number of hydrogen-bond donors (Lipinski definition) is 0. The summed E-state index contributed by atoms with van der Waals surface area (Å²) in [6.45, 7) is 8.08. The van der Waals surface area contributed by atoms with E-state index < -0.39 is 0 Å². The smallest absolute Gasteiger partial charge is 0.00257 e. The molecule has 0 saturated carbocycles. The molecule has 96 valence electrons. The van der Waals surface area contributed by atoms with Gasteiger partial charge >= 0.3 is 0 Å². The topological polar surface area (TPSA) is 0 Å². The van der Waals surface area contributed by atoms with Crippen molar-refractivity contribution < 1.29 is 0 Å². The molecule has 0 unspecified atom stereocenters. The largest absolute Gasteiger partial charge is 0.0985 e. The molecule has 0 aliphatic rings. The van der Waals surface area contributed by atoms with E-state index >= 15 is 0 Å². The molecule has 19 heavy (non-hydrogen) atoms. The minimum atomic E-state index is 0.987. The third-order valence-corrected chi connectivity index (χ3v) is 3.38. The predicted molar refractivity (Wildman–Crippen MR) is 84.3 cm³/mol. The van der Waals surface area contributed by atoms with Gasteiger partial charge in [0.25, 0.3) is 0 Å². The molecule has 0 aliphatic carbocycles. The Hall–Kier alpha value is -2.08. The first-order chi connectivity index (χ1) is 9.24. The van der Waals surface area contributed by atoms with Gasteiger partial charge in [0.15, 0.2) is 0 Å². The first-order valence-corrected chi connectivity index (χ1v) is 6.67. The Morgan fingerprint density at radius 3 is 2.37 bits per heavy atom. The lowest BCUT2D eigenvalue weighted by Gasteiger charge is -2.09. The minimum Gasteiger partial charge on any atom is -0.0985 e. The van der Waals surface area contributed by atoms with Gasteiger partial charge in [0, 0.05) is 0 Å². The molecule has 2 aromatic rings. The van der Waals surface area contributed by atoms with Crippen LogP contribution in [0.25, 0.3) is 5.57 Å². The molecule has 0 heterocycles. The van der Waals surface area contributed by atoms with E-state index in [1.807, 2.05) is 13.0 Å². The minimum absolute atomic E-state index is 0.987. The molecule has 0 aliphatic heterocycles. The molecule has 0 radical (unpaired) electrons. The van der Waals surface area contributed by atoms with E-state index in [9.17, 15) is 0 Å². The Morgan fingerprint density at radius 1 is 1.05 bits per heavy atom. The number of rotatable bonds is 4. The summed E-state index contributed by atoms with van der Waals surface area (Å²) in [7, 11) is 0. The molecule has 0 N–H and O–H groups in total. The van der Waals surface area contributed by atoms with E-state index in [1.54, 1.807) is 0 Å². The summed E-state index contributed by atoms with van der Waals surface area (Å²) < 4.78 is 0. The summed E-state index contributed by atoms with van der Waals surface area (Å²) in [6, 6.07) is 17.3. The summed E-state index contributed by atoms with van der Waals surface area (Å²) in [5.74, 6) is 0. The first-order valence-electron chi connectivity index (χ1n) is 6.67. The maximum Gasteiger partial charge on any atom is -0.00257 e. The quantitative estimate of drug-likeness (QED) is 0.654. The zero-order valence-corrected chi connectivity index (χ0v) is 11.7. The van der Waals surface area contributed by atoms with Crippen molar-refractivity contribution in [1.82, 2.24) is 0 Å². The number of aryl methyl sites for hydroxylation is 1. The normalized spacial score (nSPS) is 11.4. The van der Waals surface area contributed by atoms with Crippen LogP contribution in [0.3, 0.4) is 0 Å². The van der Waals surface area contributed by atoms with E-state index in [2.05, 4.69) is 68.1 Å². The summed E-state index contributed by atoms with van der Waals surface area (Å²) in [5, 5.41) is 0. The fraction of sp³-hybridized carbons (Fsp3) is 0.158. The zero-order chi connectivity index (χ0) is 13.7. The number of benzene rings is 2. The highest BCUT2D eigenvalue weighted by molar-refractivity contribution is 5.75. The average Bonchev–Trinajstić information content (AvgIpc) is 2.43. The first kappa shape index (κ1) is 13.4. The summed E-state index contributed by atoms with van der Waals surface area (Å²) in [4.78, 5) is 0. The molecule has 0 spiro atoms. The van der Waals surface area contributed by atoms with Crippen molar-refractivity contribution >= 4 is 5.57 Å². The Morgan fingerprint density at radius 2 is 1.79 bits per heavy atom. The third kappa shape index (κ3) is 3.23. The fourth-order valence-corrected chi connectivity index (χ4v) is 2.37.